The van der Waals surface area contributed by atoms with Gasteiger partial charge in [-0.15, -0.1) is 0 Å². The van der Waals surface area contributed by atoms with E-state index >= 15 is 0 Å². The van der Waals surface area contributed by atoms with E-state index in [2.05, 4.69) is 20.9 Å². The second-order valence-corrected chi connectivity index (χ2v) is 5.53. The highest BCUT2D eigenvalue weighted by atomic mass is 79.9. The molecule has 1 aromatic carbocycles. The molecule has 0 saturated carbocycles. The fourth-order valence-corrected chi connectivity index (χ4v) is 2.41. The molecule has 1 aromatic heterocycles. The van der Waals surface area contributed by atoms with Gasteiger partial charge in [-0.25, -0.2) is 0 Å². The topological polar surface area (TPSA) is 64.9 Å². The lowest BCUT2D eigenvalue weighted by atomic mass is 9.95. The highest BCUT2D eigenvalue weighted by Crippen LogP contribution is 2.36. The molecule has 3 nitrogen and oxygen atoms in total. The van der Waals surface area contributed by atoms with Gasteiger partial charge < -0.3 is 11.5 Å². The standard InChI is InChI=1S/C14H13BrF3N3/c15-9-1-2-10(11(6-9)14(16,17)18)13(20)5-8-7-21-4-3-12(8)19/h1-4,6-7,13H,5,20H2,(H2,19,21). The number of anilines is 1. The average molecular weight is 360 g/mol. The monoisotopic (exact) mass is 359 g/mol. The molecular weight excluding hydrogens is 347 g/mol. The van der Waals surface area contributed by atoms with Crippen molar-refractivity contribution in [2.45, 2.75) is 18.6 Å². The van der Waals surface area contributed by atoms with E-state index in [9.17, 15) is 13.2 Å². The first-order valence-corrected chi connectivity index (χ1v) is 6.89. The van der Waals surface area contributed by atoms with E-state index in [4.69, 9.17) is 11.5 Å². The summed E-state index contributed by atoms with van der Waals surface area (Å²) in [5.74, 6) is 0. The Morgan fingerprint density at radius 3 is 2.57 bits per heavy atom. The third kappa shape index (κ3) is 3.74. The van der Waals surface area contributed by atoms with Crippen molar-refractivity contribution in [1.82, 2.24) is 4.98 Å². The first-order valence-electron chi connectivity index (χ1n) is 6.09. The Morgan fingerprint density at radius 1 is 1.24 bits per heavy atom. The number of hydrogen-bond donors (Lipinski definition) is 2. The van der Waals surface area contributed by atoms with Crippen LogP contribution in [0.15, 0.2) is 41.1 Å². The number of alkyl halides is 3. The number of rotatable bonds is 3. The Hall–Kier alpha value is -1.60. The summed E-state index contributed by atoms with van der Waals surface area (Å²) < 4.78 is 39.6. The lowest BCUT2D eigenvalue weighted by Gasteiger charge is -2.19. The van der Waals surface area contributed by atoms with Crippen LogP contribution in [-0.4, -0.2) is 4.98 Å². The first kappa shape index (κ1) is 15.8. The zero-order valence-electron chi connectivity index (χ0n) is 10.9. The highest BCUT2D eigenvalue weighted by Gasteiger charge is 2.34. The van der Waals surface area contributed by atoms with Gasteiger partial charge in [0.25, 0.3) is 0 Å². The lowest BCUT2D eigenvalue weighted by Crippen LogP contribution is -2.20. The van der Waals surface area contributed by atoms with Gasteiger partial charge in [-0.2, -0.15) is 13.2 Å². The maximum atomic E-state index is 13.1. The smallest absolute Gasteiger partial charge is 0.398 e. The van der Waals surface area contributed by atoms with Crippen LogP contribution in [0.3, 0.4) is 0 Å². The van der Waals surface area contributed by atoms with E-state index in [1.54, 1.807) is 6.07 Å². The van der Waals surface area contributed by atoms with Crippen molar-refractivity contribution in [3.05, 3.63) is 57.8 Å². The van der Waals surface area contributed by atoms with Crippen LogP contribution in [0.25, 0.3) is 0 Å². The predicted octanol–water partition coefficient (Wildman–Crippen LogP) is 3.69. The zero-order valence-corrected chi connectivity index (χ0v) is 12.4. The summed E-state index contributed by atoms with van der Waals surface area (Å²) in [6.07, 6.45) is -1.24. The largest absolute Gasteiger partial charge is 0.416 e. The minimum absolute atomic E-state index is 0.0361. The van der Waals surface area contributed by atoms with Crippen molar-refractivity contribution >= 4 is 21.6 Å². The van der Waals surface area contributed by atoms with Gasteiger partial charge in [0, 0.05) is 28.6 Å². The van der Waals surface area contributed by atoms with Crippen LogP contribution in [0.2, 0.25) is 0 Å². The molecule has 0 saturated heterocycles. The third-order valence-corrected chi connectivity index (χ3v) is 3.59. The van der Waals surface area contributed by atoms with Gasteiger partial charge in [0.05, 0.1) is 5.56 Å². The molecule has 0 amide bonds. The van der Waals surface area contributed by atoms with Gasteiger partial charge >= 0.3 is 6.18 Å². The normalized spacial score (nSPS) is 13.2. The molecule has 1 atom stereocenters. The van der Waals surface area contributed by atoms with Crippen molar-refractivity contribution in [1.29, 1.82) is 0 Å². The Bertz CT molecular complexity index is 644. The number of nitrogens with two attached hydrogens (primary N) is 2. The molecule has 2 aromatic rings. The van der Waals surface area contributed by atoms with Gasteiger partial charge in [-0.1, -0.05) is 22.0 Å². The van der Waals surface area contributed by atoms with E-state index in [1.165, 1.54) is 24.5 Å². The molecule has 0 radical (unpaired) electrons. The molecule has 0 fully saturated rings. The Balaban J connectivity index is 2.36. The number of nitrogen functional groups attached to an aromatic ring is 1. The number of aromatic nitrogens is 1. The molecule has 112 valence electrons. The SMILES string of the molecule is Nc1ccncc1CC(N)c1ccc(Br)cc1C(F)(F)F. The fourth-order valence-electron chi connectivity index (χ4n) is 2.05. The average Bonchev–Trinajstić information content (AvgIpc) is 2.40. The van der Waals surface area contributed by atoms with Gasteiger partial charge in [-0.05, 0) is 35.7 Å². The zero-order chi connectivity index (χ0) is 15.6. The van der Waals surface area contributed by atoms with E-state index in [1.807, 2.05) is 0 Å². The highest BCUT2D eigenvalue weighted by molar-refractivity contribution is 9.10. The molecule has 0 aliphatic carbocycles. The summed E-state index contributed by atoms with van der Waals surface area (Å²) in [7, 11) is 0. The van der Waals surface area contributed by atoms with Gasteiger partial charge in [-0.3, -0.25) is 4.98 Å². The van der Waals surface area contributed by atoms with E-state index in [0.717, 1.165) is 6.07 Å². The maximum absolute atomic E-state index is 13.1. The second-order valence-electron chi connectivity index (χ2n) is 4.61. The molecule has 0 aliphatic rings. The Kier molecular flexibility index (Phi) is 4.53. The van der Waals surface area contributed by atoms with E-state index < -0.39 is 17.8 Å². The Morgan fingerprint density at radius 2 is 1.95 bits per heavy atom. The summed E-state index contributed by atoms with van der Waals surface area (Å²) in [5, 5.41) is 0. The number of nitrogens with zero attached hydrogens (tertiary/aromatic N) is 1. The van der Waals surface area contributed by atoms with Crippen LogP contribution in [-0.2, 0) is 12.6 Å². The molecule has 0 bridgehead atoms. The molecule has 7 heteroatoms. The number of benzene rings is 1. The summed E-state index contributed by atoms with van der Waals surface area (Å²) in [6, 6.07) is 4.72. The summed E-state index contributed by atoms with van der Waals surface area (Å²) in [6.45, 7) is 0. The molecular formula is C14H13BrF3N3. The number of pyridine rings is 1. The molecule has 21 heavy (non-hydrogen) atoms. The summed E-state index contributed by atoms with van der Waals surface area (Å²) in [4.78, 5) is 3.91. The summed E-state index contributed by atoms with van der Waals surface area (Å²) in [5.41, 5.74) is 12.1. The molecule has 0 aliphatic heterocycles. The van der Waals surface area contributed by atoms with Crippen molar-refractivity contribution in [3.8, 4) is 0 Å². The van der Waals surface area contributed by atoms with E-state index in [0.29, 0.717) is 15.7 Å². The number of hydrogen-bond acceptors (Lipinski definition) is 3. The van der Waals surface area contributed by atoms with Crippen LogP contribution in [0.4, 0.5) is 18.9 Å². The van der Waals surface area contributed by atoms with Crippen LogP contribution < -0.4 is 11.5 Å². The minimum Gasteiger partial charge on any atom is -0.398 e. The quantitative estimate of drug-likeness (QED) is 0.878. The van der Waals surface area contributed by atoms with Crippen LogP contribution in [0.1, 0.15) is 22.7 Å². The summed E-state index contributed by atoms with van der Waals surface area (Å²) >= 11 is 3.05. The maximum Gasteiger partial charge on any atom is 0.416 e. The van der Waals surface area contributed by atoms with Crippen LogP contribution in [0.5, 0.6) is 0 Å². The molecule has 1 heterocycles. The predicted molar refractivity (Wildman–Crippen MR) is 78.4 cm³/mol. The van der Waals surface area contributed by atoms with Crippen molar-refractivity contribution in [2.24, 2.45) is 5.73 Å². The van der Waals surface area contributed by atoms with Crippen LogP contribution >= 0.6 is 15.9 Å². The second kappa shape index (κ2) is 6.03. The fraction of sp³-hybridized carbons (Fsp3) is 0.214. The molecule has 1 unspecified atom stereocenters. The molecule has 4 N–H and O–H groups in total. The van der Waals surface area contributed by atoms with Gasteiger partial charge in [0.1, 0.15) is 0 Å². The lowest BCUT2D eigenvalue weighted by molar-refractivity contribution is -0.138. The Labute approximate surface area is 128 Å². The minimum atomic E-state index is -4.46. The molecule has 2 rings (SSSR count). The molecule has 0 spiro atoms. The van der Waals surface area contributed by atoms with Crippen molar-refractivity contribution in [2.75, 3.05) is 5.73 Å². The third-order valence-electron chi connectivity index (χ3n) is 3.10. The number of halogens is 4. The first-order chi connectivity index (χ1) is 9.79. The van der Waals surface area contributed by atoms with Gasteiger partial charge in [0.15, 0.2) is 0 Å². The van der Waals surface area contributed by atoms with E-state index in [-0.39, 0.29) is 12.0 Å². The van der Waals surface area contributed by atoms with Crippen molar-refractivity contribution < 1.29 is 13.2 Å². The van der Waals surface area contributed by atoms with Gasteiger partial charge in [0.2, 0.25) is 0 Å². The van der Waals surface area contributed by atoms with Crippen molar-refractivity contribution in [3.63, 3.8) is 0 Å². The van der Waals surface area contributed by atoms with Crippen LogP contribution in [0, 0.1) is 0 Å².